The molecule has 0 amide bonds. The number of hydrogen-bond acceptors (Lipinski definition) is 5. The summed E-state index contributed by atoms with van der Waals surface area (Å²) in [4.78, 5) is 9.79. The second-order valence-electron chi connectivity index (χ2n) is 3.26. The third kappa shape index (κ3) is 1.65. The maximum Gasteiger partial charge on any atom is 0.145 e. The highest BCUT2D eigenvalue weighted by Crippen LogP contribution is 2.17. The first-order chi connectivity index (χ1) is 6.79. The van der Waals surface area contributed by atoms with Crippen molar-refractivity contribution in [3.05, 3.63) is 18.1 Å². The van der Waals surface area contributed by atoms with E-state index in [2.05, 4.69) is 9.97 Å². The van der Waals surface area contributed by atoms with Gasteiger partial charge in [0, 0.05) is 19.2 Å². The van der Waals surface area contributed by atoms with Crippen LogP contribution >= 0.6 is 0 Å². The molecule has 1 aliphatic rings. The van der Waals surface area contributed by atoms with Crippen LogP contribution in [0.15, 0.2) is 12.4 Å². The van der Waals surface area contributed by atoms with Crippen molar-refractivity contribution in [2.24, 2.45) is 0 Å². The van der Waals surface area contributed by atoms with Crippen molar-refractivity contribution in [3.63, 3.8) is 0 Å². The van der Waals surface area contributed by atoms with Crippen molar-refractivity contribution in [2.75, 3.05) is 18.0 Å². The van der Waals surface area contributed by atoms with Crippen LogP contribution in [0.25, 0.3) is 0 Å². The fourth-order valence-corrected chi connectivity index (χ4v) is 1.53. The van der Waals surface area contributed by atoms with Crippen LogP contribution in [0.2, 0.25) is 0 Å². The van der Waals surface area contributed by atoms with Crippen molar-refractivity contribution in [1.82, 2.24) is 9.97 Å². The molecule has 0 spiro atoms. The first-order valence-electron chi connectivity index (χ1n) is 4.45. The Labute approximate surface area is 81.6 Å². The molecule has 0 bridgehead atoms. The lowest BCUT2D eigenvalue weighted by Crippen LogP contribution is -2.22. The van der Waals surface area contributed by atoms with E-state index in [0.717, 1.165) is 13.0 Å². The van der Waals surface area contributed by atoms with E-state index in [1.807, 2.05) is 11.0 Å². The second kappa shape index (κ2) is 3.60. The van der Waals surface area contributed by atoms with Crippen molar-refractivity contribution in [2.45, 2.75) is 12.5 Å². The molecule has 0 aliphatic carbocycles. The molecule has 0 unspecified atom stereocenters. The number of hydrogen-bond donors (Lipinski definition) is 1. The van der Waals surface area contributed by atoms with Crippen molar-refractivity contribution in [1.29, 1.82) is 5.26 Å². The number of anilines is 1. The van der Waals surface area contributed by atoms with Crippen molar-refractivity contribution < 1.29 is 5.11 Å². The van der Waals surface area contributed by atoms with E-state index in [1.54, 1.807) is 6.07 Å². The molecule has 1 saturated heterocycles. The molecule has 14 heavy (non-hydrogen) atoms. The minimum Gasteiger partial charge on any atom is -0.391 e. The van der Waals surface area contributed by atoms with Crippen molar-refractivity contribution >= 4 is 5.82 Å². The highest BCUT2D eigenvalue weighted by atomic mass is 16.3. The van der Waals surface area contributed by atoms with Gasteiger partial charge in [-0.25, -0.2) is 9.97 Å². The highest BCUT2D eigenvalue weighted by Gasteiger charge is 2.21. The number of aromatic nitrogens is 2. The van der Waals surface area contributed by atoms with Crippen LogP contribution in [-0.4, -0.2) is 34.3 Å². The summed E-state index contributed by atoms with van der Waals surface area (Å²) >= 11 is 0. The van der Waals surface area contributed by atoms with E-state index in [9.17, 15) is 5.11 Å². The lowest BCUT2D eigenvalue weighted by molar-refractivity contribution is 0.198. The van der Waals surface area contributed by atoms with Gasteiger partial charge in [0.15, 0.2) is 0 Å². The van der Waals surface area contributed by atoms with Gasteiger partial charge < -0.3 is 10.0 Å². The number of nitrogens with zero attached hydrogens (tertiary/aromatic N) is 4. The van der Waals surface area contributed by atoms with Gasteiger partial charge in [-0.3, -0.25) is 0 Å². The number of rotatable bonds is 1. The SMILES string of the molecule is N#Cc1cc(N2CC[C@H](O)C2)ncn1. The highest BCUT2D eigenvalue weighted by molar-refractivity contribution is 5.42. The summed E-state index contributed by atoms with van der Waals surface area (Å²) in [5.41, 5.74) is 0.358. The molecule has 2 rings (SSSR count). The maximum atomic E-state index is 9.34. The van der Waals surface area contributed by atoms with Gasteiger partial charge >= 0.3 is 0 Å². The van der Waals surface area contributed by atoms with Gasteiger partial charge in [0.2, 0.25) is 0 Å². The standard InChI is InChI=1S/C9H10N4O/c10-4-7-3-9(12-6-11-7)13-2-1-8(14)5-13/h3,6,8,14H,1-2,5H2/t8-/m0/s1. The summed E-state index contributed by atoms with van der Waals surface area (Å²) < 4.78 is 0. The zero-order valence-corrected chi connectivity index (χ0v) is 7.59. The molecule has 0 saturated carbocycles. The molecule has 1 aliphatic heterocycles. The Balaban J connectivity index is 2.20. The van der Waals surface area contributed by atoms with Crippen LogP contribution in [-0.2, 0) is 0 Å². The summed E-state index contributed by atoms with van der Waals surface area (Å²) in [5.74, 6) is 0.716. The van der Waals surface area contributed by atoms with Crippen LogP contribution in [0.4, 0.5) is 5.82 Å². The van der Waals surface area contributed by atoms with Gasteiger partial charge in [-0.1, -0.05) is 0 Å². The second-order valence-corrected chi connectivity index (χ2v) is 3.26. The van der Waals surface area contributed by atoms with E-state index in [0.29, 0.717) is 18.1 Å². The minimum absolute atomic E-state index is 0.282. The number of aliphatic hydroxyl groups is 1. The Kier molecular flexibility index (Phi) is 2.29. The van der Waals surface area contributed by atoms with Crippen molar-refractivity contribution in [3.8, 4) is 6.07 Å². The first-order valence-corrected chi connectivity index (χ1v) is 4.45. The summed E-state index contributed by atoms with van der Waals surface area (Å²) in [6.45, 7) is 1.37. The average molecular weight is 190 g/mol. The fraction of sp³-hybridized carbons (Fsp3) is 0.444. The summed E-state index contributed by atoms with van der Waals surface area (Å²) in [6, 6.07) is 3.60. The quantitative estimate of drug-likeness (QED) is 0.670. The van der Waals surface area contributed by atoms with Crippen LogP contribution in [0.5, 0.6) is 0 Å². The van der Waals surface area contributed by atoms with E-state index >= 15 is 0 Å². The Hall–Kier alpha value is -1.67. The Morgan fingerprint density at radius 1 is 1.57 bits per heavy atom. The molecule has 1 atom stereocenters. The van der Waals surface area contributed by atoms with Crippen LogP contribution in [0.1, 0.15) is 12.1 Å². The Morgan fingerprint density at radius 3 is 3.07 bits per heavy atom. The number of nitriles is 1. The van der Waals surface area contributed by atoms with E-state index < -0.39 is 0 Å². The molecule has 0 aromatic carbocycles. The molecular weight excluding hydrogens is 180 g/mol. The van der Waals surface area contributed by atoms with Crippen LogP contribution < -0.4 is 4.90 Å². The number of aliphatic hydroxyl groups excluding tert-OH is 1. The molecule has 1 N–H and O–H groups in total. The normalized spacial score (nSPS) is 20.9. The van der Waals surface area contributed by atoms with Gasteiger partial charge in [0.1, 0.15) is 23.9 Å². The largest absolute Gasteiger partial charge is 0.391 e. The van der Waals surface area contributed by atoms with Crippen LogP contribution in [0.3, 0.4) is 0 Å². The molecule has 5 nitrogen and oxygen atoms in total. The van der Waals surface area contributed by atoms with Crippen LogP contribution in [0, 0.1) is 11.3 Å². The summed E-state index contributed by atoms with van der Waals surface area (Å²) in [6.07, 6.45) is 1.85. The molecule has 72 valence electrons. The monoisotopic (exact) mass is 190 g/mol. The van der Waals surface area contributed by atoms with E-state index in [-0.39, 0.29) is 6.10 Å². The predicted molar refractivity (Wildman–Crippen MR) is 49.6 cm³/mol. The van der Waals surface area contributed by atoms with Gasteiger partial charge in [-0.2, -0.15) is 5.26 Å². The van der Waals surface area contributed by atoms with Gasteiger partial charge in [-0.15, -0.1) is 0 Å². The molecule has 1 aromatic heterocycles. The average Bonchev–Trinajstić information content (AvgIpc) is 2.65. The van der Waals surface area contributed by atoms with Gasteiger partial charge in [0.05, 0.1) is 6.10 Å². The fourth-order valence-electron chi connectivity index (χ4n) is 1.53. The zero-order valence-electron chi connectivity index (χ0n) is 7.59. The smallest absolute Gasteiger partial charge is 0.145 e. The Morgan fingerprint density at radius 2 is 2.43 bits per heavy atom. The van der Waals surface area contributed by atoms with E-state index in [1.165, 1.54) is 6.33 Å². The molecule has 0 radical (unpaired) electrons. The third-order valence-corrected chi connectivity index (χ3v) is 2.25. The predicted octanol–water partition coefficient (Wildman–Crippen LogP) is -0.0807. The number of β-amino-alcohol motifs (C(OH)–C–C–N with tert-alkyl or cyclic N) is 1. The molecule has 1 fully saturated rings. The van der Waals surface area contributed by atoms with Gasteiger partial charge in [-0.05, 0) is 6.42 Å². The topological polar surface area (TPSA) is 73.0 Å². The minimum atomic E-state index is -0.282. The molecule has 2 heterocycles. The van der Waals surface area contributed by atoms with E-state index in [4.69, 9.17) is 5.26 Å². The summed E-state index contributed by atoms with van der Waals surface area (Å²) in [5, 5.41) is 18.0. The Bertz CT molecular complexity index is 373. The van der Waals surface area contributed by atoms with Gasteiger partial charge in [0.25, 0.3) is 0 Å². The lowest BCUT2D eigenvalue weighted by Gasteiger charge is -2.15. The lowest BCUT2D eigenvalue weighted by atomic mass is 10.3. The maximum absolute atomic E-state index is 9.34. The zero-order chi connectivity index (χ0) is 9.97. The summed E-state index contributed by atoms with van der Waals surface area (Å²) in [7, 11) is 0. The third-order valence-electron chi connectivity index (χ3n) is 2.25. The molecule has 1 aromatic rings. The molecule has 5 heteroatoms. The first kappa shape index (κ1) is 8.91. The molecular formula is C9H10N4O.